The van der Waals surface area contributed by atoms with E-state index in [2.05, 4.69) is 19.2 Å². The summed E-state index contributed by atoms with van der Waals surface area (Å²) < 4.78 is 11.4. The number of piperidine rings is 1. The lowest BCUT2D eigenvalue weighted by Crippen LogP contribution is -2.59. The fourth-order valence-corrected chi connectivity index (χ4v) is 4.50. The van der Waals surface area contributed by atoms with Crippen LogP contribution in [0.3, 0.4) is 0 Å². The first-order chi connectivity index (χ1) is 15.9. The van der Waals surface area contributed by atoms with Gasteiger partial charge in [0.15, 0.2) is 5.76 Å². The molecule has 1 atom stereocenters. The van der Waals surface area contributed by atoms with Gasteiger partial charge in [0.05, 0.1) is 12.9 Å². The van der Waals surface area contributed by atoms with Gasteiger partial charge in [-0.05, 0) is 36.6 Å². The summed E-state index contributed by atoms with van der Waals surface area (Å²) in [6.45, 7) is 5.70. The van der Waals surface area contributed by atoms with Crippen LogP contribution in [0.4, 0.5) is 0 Å². The third-order valence-electron chi connectivity index (χ3n) is 6.39. The van der Waals surface area contributed by atoms with Gasteiger partial charge in [-0.3, -0.25) is 19.3 Å². The van der Waals surface area contributed by atoms with Crippen molar-refractivity contribution in [3.8, 4) is 0 Å². The Morgan fingerprint density at radius 1 is 1.06 bits per heavy atom. The molecule has 0 bridgehead atoms. The first-order valence-corrected chi connectivity index (χ1v) is 11.5. The molecular formula is C25H31N3O5. The average Bonchev–Trinajstić information content (AvgIpc) is 3.48. The van der Waals surface area contributed by atoms with Crippen LogP contribution < -0.4 is 5.32 Å². The predicted octanol–water partition coefficient (Wildman–Crippen LogP) is 2.92. The third kappa shape index (κ3) is 4.80. The van der Waals surface area contributed by atoms with Crippen LogP contribution in [0.15, 0.2) is 53.1 Å². The molecule has 8 nitrogen and oxygen atoms in total. The summed E-state index contributed by atoms with van der Waals surface area (Å²) in [4.78, 5) is 42.7. The number of rotatable bonds is 6. The minimum absolute atomic E-state index is 0.137. The predicted molar refractivity (Wildman–Crippen MR) is 121 cm³/mol. The summed E-state index contributed by atoms with van der Waals surface area (Å²) in [5.41, 5.74) is -0.413. The summed E-state index contributed by atoms with van der Waals surface area (Å²) in [7, 11) is 0. The lowest BCUT2D eigenvalue weighted by Gasteiger charge is -2.44. The molecule has 0 saturated carbocycles. The first-order valence-electron chi connectivity index (χ1n) is 11.5. The van der Waals surface area contributed by atoms with E-state index in [-0.39, 0.29) is 30.1 Å². The Labute approximate surface area is 193 Å². The van der Waals surface area contributed by atoms with Gasteiger partial charge in [-0.2, -0.15) is 0 Å². The molecule has 1 unspecified atom stereocenters. The minimum Gasteiger partial charge on any atom is -0.459 e. The lowest BCUT2D eigenvalue weighted by molar-refractivity contribution is -0.128. The zero-order valence-corrected chi connectivity index (χ0v) is 19.2. The topological polar surface area (TPSA) is 92.1 Å². The van der Waals surface area contributed by atoms with E-state index in [9.17, 15) is 14.4 Å². The quantitative estimate of drug-likeness (QED) is 0.726. The standard InChI is InChI=1S/C25H31N3O5/c1-18(2)10-13-26-22(29)20-17-33-25(28(20)23(30)19-7-4-3-5-8-19)11-14-27(15-12-25)24(31)21-9-6-16-32-21/h3-9,16,18,20H,10-15,17H2,1-2H3,(H,26,29). The number of carbonyl (C=O) groups is 3. The molecular weight excluding hydrogens is 422 g/mol. The molecule has 0 aliphatic carbocycles. The SMILES string of the molecule is CC(C)CCNC(=O)C1COC2(CCN(C(=O)c3ccco3)CC2)N1C(=O)c1ccccc1. The normalized spacial score (nSPS) is 19.8. The Balaban J connectivity index is 1.53. The number of carbonyl (C=O) groups excluding carboxylic acids is 3. The van der Waals surface area contributed by atoms with Gasteiger partial charge in [0.25, 0.3) is 11.8 Å². The number of nitrogens with zero attached hydrogens (tertiary/aromatic N) is 2. The van der Waals surface area contributed by atoms with E-state index in [1.54, 1.807) is 46.2 Å². The highest BCUT2D eigenvalue weighted by Crippen LogP contribution is 2.38. The van der Waals surface area contributed by atoms with Crippen LogP contribution in [0, 0.1) is 5.92 Å². The Morgan fingerprint density at radius 3 is 2.42 bits per heavy atom. The van der Waals surface area contributed by atoms with Crippen LogP contribution in [0.25, 0.3) is 0 Å². The van der Waals surface area contributed by atoms with Crippen LogP contribution in [0.1, 0.15) is 54.0 Å². The first kappa shape index (κ1) is 23.0. The van der Waals surface area contributed by atoms with Gasteiger partial charge in [-0.1, -0.05) is 32.0 Å². The summed E-state index contributed by atoms with van der Waals surface area (Å²) >= 11 is 0. The fourth-order valence-electron chi connectivity index (χ4n) is 4.50. The van der Waals surface area contributed by atoms with Crippen molar-refractivity contribution >= 4 is 17.7 Å². The monoisotopic (exact) mass is 453 g/mol. The van der Waals surface area contributed by atoms with E-state index in [1.807, 2.05) is 6.07 Å². The molecule has 2 aromatic rings. The molecule has 1 aromatic carbocycles. The number of nitrogens with one attached hydrogen (secondary N) is 1. The molecule has 2 fully saturated rings. The highest BCUT2D eigenvalue weighted by molar-refractivity contribution is 5.98. The van der Waals surface area contributed by atoms with Gasteiger partial charge in [-0.25, -0.2) is 0 Å². The molecule has 8 heteroatoms. The average molecular weight is 454 g/mol. The zero-order chi connectivity index (χ0) is 23.4. The number of hydrogen-bond acceptors (Lipinski definition) is 5. The van der Waals surface area contributed by atoms with E-state index in [0.29, 0.717) is 44.0 Å². The molecule has 1 aromatic heterocycles. The molecule has 0 radical (unpaired) electrons. The van der Waals surface area contributed by atoms with Crippen molar-refractivity contribution in [2.45, 2.75) is 44.9 Å². The fraction of sp³-hybridized carbons (Fsp3) is 0.480. The smallest absolute Gasteiger partial charge is 0.289 e. The maximum atomic E-state index is 13.6. The Morgan fingerprint density at radius 2 is 1.79 bits per heavy atom. The molecule has 2 aliphatic rings. The minimum atomic E-state index is -0.924. The van der Waals surface area contributed by atoms with Gasteiger partial charge in [-0.15, -0.1) is 0 Å². The summed E-state index contributed by atoms with van der Waals surface area (Å²) in [6, 6.07) is 11.6. The van der Waals surface area contributed by atoms with Crippen molar-refractivity contribution in [1.82, 2.24) is 15.1 Å². The summed E-state index contributed by atoms with van der Waals surface area (Å²) in [6.07, 6.45) is 3.18. The lowest BCUT2D eigenvalue weighted by atomic mass is 9.96. The van der Waals surface area contributed by atoms with Crippen molar-refractivity contribution in [2.24, 2.45) is 5.92 Å². The van der Waals surface area contributed by atoms with E-state index >= 15 is 0 Å². The number of likely N-dealkylation sites (tertiary alicyclic amines) is 1. The van der Waals surface area contributed by atoms with Crippen molar-refractivity contribution in [3.63, 3.8) is 0 Å². The van der Waals surface area contributed by atoms with Crippen molar-refractivity contribution < 1.29 is 23.5 Å². The second kappa shape index (κ2) is 9.79. The zero-order valence-electron chi connectivity index (χ0n) is 19.2. The van der Waals surface area contributed by atoms with Crippen LogP contribution in [0.5, 0.6) is 0 Å². The highest BCUT2D eigenvalue weighted by Gasteiger charge is 2.54. The summed E-state index contributed by atoms with van der Waals surface area (Å²) in [5.74, 6) is 0.137. The van der Waals surface area contributed by atoms with Crippen LogP contribution in [0.2, 0.25) is 0 Å². The number of benzene rings is 1. The number of ether oxygens (including phenoxy) is 1. The Kier molecular flexibility index (Phi) is 6.83. The molecule has 33 heavy (non-hydrogen) atoms. The molecule has 3 amide bonds. The molecule has 3 heterocycles. The second-order valence-corrected chi connectivity index (χ2v) is 9.06. The van der Waals surface area contributed by atoms with E-state index in [4.69, 9.17) is 9.15 Å². The van der Waals surface area contributed by atoms with Gasteiger partial charge in [0.1, 0.15) is 11.8 Å². The highest BCUT2D eigenvalue weighted by atomic mass is 16.5. The summed E-state index contributed by atoms with van der Waals surface area (Å²) in [5, 5.41) is 2.97. The van der Waals surface area contributed by atoms with Gasteiger partial charge in [0, 0.05) is 38.0 Å². The molecule has 2 aliphatic heterocycles. The van der Waals surface area contributed by atoms with Gasteiger partial charge < -0.3 is 19.4 Å². The molecule has 176 valence electrons. The van der Waals surface area contributed by atoms with Crippen molar-refractivity contribution in [1.29, 1.82) is 0 Å². The van der Waals surface area contributed by atoms with E-state index in [0.717, 1.165) is 6.42 Å². The maximum absolute atomic E-state index is 13.6. The molecule has 4 rings (SSSR count). The molecule has 2 saturated heterocycles. The van der Waals surface area contributed by atoms with Gasteiger partial charge in [0.2, 0.25) is 5.91 Å². The second-order valence-electron chi connectivity index (χ2n) is 9.06. The number of furan rings is 1. The third-order valence-corrected chi connectivity index (χ3v) is 6.39. The van der Waals surface area contributed by atoms with Crippen molar-refractivity contribution in [2.75, 3.05) is 26.2 Å². The van der Waals surface area contributed by atoms with Crippen LogP contribution in [-0.2, 0) is 9.53 Å². The van der Waals surface area contributed by atoms with Crippen LogP contribution in [-0.4, -0.2) is 65.5 Å². The van der Waals surface area contributed by atoms with Crippen LogP contribution >= 0.6 is 0 Å². The van der Waals surface area contributed by atoms with E-state index in [1.165, 1.54) is 6.26 Å². The Bertz CT molecular complexity index is 965. The Hall–Kier alpha value is -3.13. The molecule has 1 N–H and O–H groups in total. The largest absolute Gasteiger partial charge is 0.459 e. The molecule has 1 spiro atoms. The van der Waals surface area contributed by atoms with Crippen molar-refractivity contribution in [3.05, 3.63) is 60.1 Å². The number of amides is 3. The number of hydrogen-bond donors (Lipinski definition) is 1. The van der Waals surface area contributed by atoms with E-state index < -0.39 is 11.8 Å². The van der Waals surface area contributed by atoms with Gasteiger partial charge >= 0.3 is 0 Å². The maximum Gasteiger partial charge on any atom is 0.289 e.